The lowest BCUT2D eigenvalue weighted by Gasteiger charge is -2.44. The summed E-state index contributed by atoms with van der Waals surface area (Å²) >= 11 is 0. The Morgan fingerprint density at radius 1 is 1.03 bits per heavy atom. The van der Waals surface area contributed by atoms with Crippen LogP contribution in [0.25, 0.3) is 0 Å². The van der Waals surface area contributed by atoms with Crippen LogP contribution >= 0.6 is 0 Å². The molecule has 6 heteroatoms. The number of carbonyl (C=O) groups is 2. The van der Waals surface area contributed by atoms with E-state index >= 15 is 0 Å². The van der Waals surface area contributed by atoms with Gasteiger partial charge in [-0.15, -0.1) is 0 Å². The Morgan fingerprint density at radius 3 is 2.37 bits per heavy atom. The first-order chi connectivity index (χ1) is 14.4. The van der Waals surface area contributed by atoms with Gasteiger partial charge in [0.1, 0.15) is 38.3 Å². The van der Waals surface area contributed by atoms with Crippen molar-refractivity contribution in [2.75, 3.05) is 36.4 Å². The van der Waals surface area contributed by atoms with E-state index in [0.717, 1.165) is 38.4 Å². The molecule has 30 heavy (non-hydrogen) atoms. The zero-order valence-corrected chi connectivity index (χ0v) is 18.1. The molecule has 2 aromatic rings. The molecule has 4 rings (SSSR count). The van der Waals surface area contributed by atoms with Crippen molar-refractivity contribution in [2.45, 2.75) is 38.9 Å². The molecule has 2 aliphatic rings. The molecular weight excluding hydrogens is 376 g/mol. The molecule has 0 spiro atoms. The molecule has 158 valence electrons. The van der Waals surface area contributed by atoms with E-state index in [2.05, 4.69) is 35.6 Å². The van der Waals surface area contributed by atoms with Crippen LogP contribution in [0.4, 0.5) is 11.4 Å². The lowest BCUT2D eigenvalue weighted by atomic mass is 9.95. The number of nitrogens with one attached hydrogen (secondary N) is 3. The van der Waals surface area contributed by atoms with Crippen LogP contribution < -0.4 is 20.0 Å². The van der Waals surface area contributed by atoms with Crippen molar-refractivity contribution in [1.82, 2.24) is 0 Å². The van der Waals surface area contributed by atoms with Crippen molar-refractivity contribution in [3.63, 3.8) is 0 Å². The predicted molar refractivity (Wildman–Crippen MR) is 118 cm³/mol. The summed E-state index contributed by atoms with van der Waals surface area (Å²) in [6, 6.07) is 18.0. The summed E-state index contributed by atoms with van der Waals surface area (Å²) in [5.41, 5.74) is 1.93. The van der Waals surface area contributed by atoms with Gasteiger partial charge < -0.3 is 15.1 Å². The van der Waals surface area contributed by atoms with E-state index in [0.29, 0.717) is 5.69 Å². The molecule has 2 aliphatic heterocycles. The van der Waals surface area contributed by atoms with E-state index in [1.54, 1.807) is 9.80 Å². The van der Waals surface area contributed by atoms with Crippen molar-refractivity contribution >= 4 is 23.2 Å². The van der Waals surface area contributed by atoms with Gasteiger partial charge in [0.05, 0.1) is 11.4 Å². The first kappa shape index (κ1) is 20.6. The number of fused-ring (bicyclic) bond motifs is 1. The van der Waals surface area contributed by atoms with Gasteiger partial charge in [-0.2, -0.15) is 0 Å². The Balaban J connectivity index is 1.45. The van der Waals surface area contributed by atoms with Gasteiger partial charge in [-0.1, -0.05) is 42.5 Å². The Bertz CT molecular complexity index is 920. The molecule has 3 N–H and O–H groups in total. The molecule has 1 saturated heterocycles. The maximum Gasteiger partial charge on any atom is 0.285 e. The maximum atomic E-state index is 13.6. The van der Waals surface area contributed by atoms with Crippen LogP contribution in [0.2, 0.25) is 0 Å². The number of nitrogens with zero attached hydrogens (tertiary/aromatic N) is 1. The molecule has 0 bridgehead atoms. The summed E-state index contributed by atoms with van der Waals surface area (Å²) in [7, 11) is 0. The smallest absolute Gasteiger partial charge is 0.285 e. The van der Waals surface area contributed by atoms with Crippen molar-refractivity contribution < 1.29 is 19.4 Å². The molecule has 0 saturated carbocycles. The number of benzene rings is 2. The van der Waals surface area contributed by atoms with Gasteiger partial charge >= 0.3 is 0 Å². The number of carbonyl (C=O) groups excluding carboxylic acids is 2. The van der Waals surface area contributed by atoms with Gasteiger partial charge in [-0.05, 0) is 32.9 Å². The van der Waals surface area contributed by atoms with E-state index in [4.69, 9.17) is 0 Å². The lowest BCUT2D eigenvalue weighted by molar-refractivity contribution is -1.02. The molecule has 2 heterocycles. The number of quaternary nitrogens is 2. The highest BCUT2D eigenvalue weighted by atomic mass is 16.2. The van der Waals surface area contributed by atoms with Gasteiger partial charge in [-0.25, -0.2) is 0 Å². The van der Waals surface area contributed by atoms with Crippen molar-refractivity contribution in [3.8, 4) is 0 Å². The number of para-hydroxylation sites is 2. The van der Waals surface area contributed by atoms with Crippen LogP contribution in [0.1, 0.15) is 26.3 Å². The minimum Gasteiger partial charge on any atom is -0.322 e. The summed E-state index contributed by atoms with van der Waals surface area (Å²) < 4.78 is 0. The minimum absolute atomic E-state index is 0.0174. The van der Waals surface area contributed by atoms with Gasteiger partial charge in [0.15, 0.2) is 6.04 Å². The van der Waals surface area contributed by atoms with E-state index < -0.39 is 5.54 Å². The normalized spacial score (nSPS) is 24.0. The number of anilines is 2. The number of hydrogen-bond donors (Lipinski definition) is 3. The van der Waals surface area contributed by atoms with Crippen LogP contribution in [0.15, 0.2) is 54.6 Å². The van der Waals surface area contributed by atoms with Gasteiger partial charge in [0, 0.05) is 5.56 Å². The number of amides is 2. The first-order valence-electron chi connectivity index (χ1n) is 10.8. The van der Waals surface area contributed by atoms with Gasteiger partial charge in [-0.3, -0.25) is 14.5 Å². The molecule has 0 aliphatic carbocycles. The third kappa shape index (κ3) is 3.85. The van der Waals surface area contributed by atoms with E-state index in [-0.39, 0.29) is 17.9 Å². The van der Waals surface area contributed by atoms with Crippen LogP contribution in [-0.2, 0) is 16.1 Å². The Labute approximate surface area is 178 Å². The summed E-state index contributed by atoms with van der Waals surface area (Å²) in [5.74, 6) is -0.127. The Hall–Kier alpha value is -2.70. The standard InChI is InChI=1S/C24H30N4O2/c1-18(27-15-13-26(14-16-27)17-19-9-5-4-6-10-19)22(29)28-21-12-8-7-11-20(21)25-23(30)24(28,2)3/h4-12,18H,13-17H2,1-3H3,(H,25,30)/p+2/t18-/m1/s1. The van der Waals surface area contributed by atoms with Crippen molar-refractivity contribution in [1.29, 1.82) is 0 Å². The van der Waals surface area contributed by atoms with Gasteiger partial charge in [0.25, 0.3) is 5.91 Å². The zero-order valence-electron chi connectivity index (χ0n) is 18.1. The molecule has 1 fully saturated rings. The van der Waals surface area contributed by atoms with Crippen LogP contribution in [-0.4, -0.2) is 49.6 Å². The highest BCUT2D eigenvalue weighted by Crippen LogP contribution is 2.36. The third-order valence-corrected chi connectivity index (χ3v) is 6.61. The monoisotopic (exact) mass is 408 g/mol. The van der Waals surface area contributed by atoms with Crippen molar-refractivity contribution in [3.05, 3.63) is 60.2 Å². The van der Waals surface area contributed by atoms with Gasteiger partial charge in [0.2, 0.25) is 5.91 Å². The quantitative estimate of drug-likeness (QED) is 0.673. The molecular formula is C24H32N4O2+2. The first-order valence-corrected chi connectivity index (χ1v) is 10.8. The molecule has 1 atom stereocenters. The SMILES string of the molecule is C[C@H](C(=O)N1c2ccccc2NC(=O)C1(C)C)[NH+]1CC[NH+](Cc2ccccc2)CC1. The Kier molecular flexibility index (Phi) is 5.62. The molecule has 0 aromatic heterocycles. The minimum atomic E-state index is -0.917. The largest absolute Gasteiger partial charge is 0.322 e. The van der Waals surface area contributed by atoms with Crippen LogP contribution in [0.3, 0.4) is 0 Å². The topological polar surface area (TPSA) is 58.3 Å². The predicted octanol–water partition coefficient (Wildman–Crippen LogP) is 0.122. The highest BCUT2D eigenvalue weighted by Gasteiger charge is 2.47. The highest BCUT2D eigenvalue weighted by molar-refractivity contribution is 6.14. The number of rotatable bonds is 4. The fourth-order valence-corrected chi connectivity index (χ4v) is 4.63. The van der Waals surface area contributed by atoms with Crippen LogP contribution in [0, 0.1) is 0 Å². The van der Waals surface area contributed by atoms with E-state index in [9.17, 15) is 9.59 Å². The summed E-state index contributed by atoms with van der Waals surface area (Å²) in [4.78, 5) is 30.9. The fourth-order valence-electron chi connectivity index (χ4n) is 4.63. The third-order valence-electron chi connectivity index (χ3n) is 6.61. The fraction of sp³-hybridized carbons (Fsp3) is 0.417. The number of piperazine rings is 1. The molecule has 2 amide bonds. The van der Waals surface area contributed by atoms with E-state index in [1.807, 2.05) is 45.0 Å². The van der Waals surface area contributed by atoms with E-state index in [1.165, 1.54) is 10.5 Å². The second-order valence-electron chi connectivity index (χ2n) is 9.00. The summed E-state index contributed by atoms with van der Waals surface area (Å²) in [6.45, 7) is 10.7. The maximum absolute atomic E-state index is 13.6. The van der Waals surface area contributed by atoms with Crippen molar-refractivity contribution in [2.24, 2.45) is 0 Å². The summed E-state index contributed by atoms with van der Waals surface area (Å²) in [5, 5.41) is 2.94. The second-order valence-corrected chi connectivity index (χ2v) is 9.00. The lowest BCUT2D eigenvalue weighted by Crippen LogP contribution is -3.29. The molecule has 0 radical (unpaired) electrons. The average molecular weight is 409 g/mol. The number of hydrogen-bond acceptors (Lipinski definition) is 2. The second kappa shape index (κ2) is 8.20. The molecule has 0 unspecified atom stereocenters. The Morgan fingerprint density at radius 2 is 1.67 bits per heavy atom. The molecule has 6 nitrogen and oxygen atoms in total. The molecule has 2 aromatic carbocycles. The zero-order chi connectivity index (χ0) is 21.3. The van der Waals surface area contributed by atoms with Crippen LogP contribution in [0.5, 0.6) is 0 Å². The average Bonchev–Trinajstić information content (AvgIpc) is 2.75. The summed E-state index contributed by atoms with van der Waals surface area (Å²) in [6.07, 6.45) is 0.